The van der Waals surface area contributed by atoms with Crippen LogP contribution in [0.2, 0.25) is 5.02 Å². The molecule has 9 heteroatoms. The van der Waals surface area contributed by atoms with Gasteiger partial charge < -0.3 is 9.88 Å². The molecule has 4 aromatic rings. The van der Waals surface area contributed by atoms with E-state index in [4.69, 9.17) is 16.6 Å². The number of thioether (sulfide) groups is 1. The Morgan fingerprint density at radius 2 is 2.24 bits per heavy atom. The normalized spacial score (nSPS) is 17.3. The number of piperidine rings is 1. The largest absolute Gasteiger partial charge is 0.341 e. The number of para-hydroxylation sites is 1. The van der Waals surface area contributed by atoms with Gasteiger partial charge in [0.2, 0.25) is 5.91 Å². The average molecular weight is 444 g/mol. The van der Waals surface area contributed by atoms with Crippen LogP contribution in [-0.2, 0) is 4.79 Å². The molecule has 1 amide bonds. The van der Waals surface area contributed by atoms with Gasteiger partial charge in [-0.05, 0) is 31.0 Å². The third-order valence-corrected chi connectivity index (χ3v) is 7.31. The molecule has 3 aromatic heterocycles. The van der Waals surface area contributed by atoms with Crippen LogP contribution in [0.4, 0.5) is 0 Å². The van der Waals surface area contributed by atoms with E-state index in [2.05, 4.69) is 21.0 Å². The van der Waals surface area contributed by atoms with Crippen molar-refractivity contribution >= 4 is 62.0 Å². The Kier molecular flexibility index (Phi) is 5.15. The van der Waals surface area contributed by atoms with Crippen molar-refractivity contribution in [2.24, 2.45) is 0 Å². The van der Waals surface area contributed by atoms with E-state index in [1.807, 2.05) is 23.1 Å². The molecular weight excluding hydrogens is 426 g/mol. The summed E-state index contributed by atoms with van der Waals surface area (Å²) >= 11 is 9.11. The fraction of sp³-hybridized carbons (Fsp3) is 0.300. The van der Waals surface area contributed by atoms with E-state index in [-0.39, 0.29) is 5.91 Å². The molecule has 1 fully saturated rings. The number of nitrogens with zero attached hydrogens (tertiary/aromatic N) is 4. The van der Waals surface area contributed by atoms with E-state index in [9.17, 15) is 4.79 Å². The van der Waals surface area contributed by atoms with Crippen LogP contribution < -0.4 is 0 Å². The molecule has 148 valence electrons. The van der Waals surface area contributed by atoms with Crippen LogP contribution in [0.5, 0.6) is 0 Å². The first-order valence-electron chi connectivity index (χ1n) is 9.43. The molecule has 5 rings (SSSR count). The predicted octanol–water partition coefficient (Wildman–Crippen LogP) is 4.72. The second-order valence-electron chi connectivity index (χ2n) is 7.05. The van der Waals surface area contributed by atoms with Crippen molar-refractivity contribution < 1.29 is 4.79 Å². The first-order valence-corrected chi connectivity index (χ1v) is 11.6. The number of H-pyrrole nitrogens is 1. The molecule has 6 nitrogen and oxygen atoms in total. The number of halogens is 1. The minimum atomic E-state index is 0.132. The molecule has 1 atom stereocenters. The van der Waals surface area contributed by atoms with Gasteiger partial charge in [-0.15, -0.1) is 11.3 Å². The minimum absolute atomic E-state index is 0.132. The van der Waals surface area contributed by atoms with Crippen LogP contribution in [-0.4, -0.2) is 49.6 Å². The van der Waals surface area contributed by atoms with Gasteiger partial charge in [-0.2, -0.15) is 0 Å². The zero-order chi connectivity index (χ0) is 19.8. The summed E-state index contributed by atoms with van der Waals surface area (Å²) in [5.41, 5.74) is 2.43. The molecule has 1 aliphatic heterocycles. The summed E-state index contributed by atoms with van der Waals surface area (Å²) in [5.74, 6) is 0.792. The highest BCUT2D eigenvalue weighted by molar-refractivity contribution is 7.99. The molecule has 29 heavy (non-hydrogen) atoms. The number of fused-ring (bicyclic) bond motifs is 2. The number of amides is 1. The number of pyridine rings is 1. The first-order chi connectivity index (χ1) is 14.2. The number of aromatic amines is 1. The second-order valence-corrected chi connectivity index (χ2v) is 9.52. The first kappa shape index (κ1) is 18.8. The highest BCUT2D eigenvalue weighted by Gasteiger charge is 2.27. The summed E-state index contributed by atoms with van der Waals surface area (Å²) in [6.07, 6.45) is 3.65. The SMILES string of the molecule is O=C(CSc1nc2ncc(Cl)cc2[nH]1)N1CCC[C@@H](c2nc3ccccc3s2)C1. The maximum atomic E-state index is 12.8. The lowest BCUT2D eigenvalue weighted by atomic mass is 9.99. The van der Waals surface area contributed by atoms with Gasteiger partial charge in [0, 0.05) is 25.2 Å². The third-order valence-electron chi connectivity index (χ3n) is 5.05. The van der Waals surface area contributed by atoms with Crippen molar-refractivity contribution in [3.63, 3.8) is 0 Å². The van der Waals surface area contributed by atoms with Crippen LogP contribution in [0, 0.1) is 0 Å². The number of hydrogen-bond acceptors (Lipinski definition) is 6. The number of thiazole rings is 1. The lowest BCUT2D eigenvalue weighted by Gasteiger charge is -2.31. The predicted molar refractivity (Wildman–Crippen MR) is 118 cm³/mol. The Balaban J connectivity index is 1.24. The summed E-state index contributed by atoms with van der Waals surface area (Å²) in [7, 11) is 0. The van der Waals surface area contributed by atoms with E-state index in [1.54, 1.807) is 23.6 Å². The van der Waals surface area contributed by atoms with Crippen molar-refractivity contribution in [2.75, 3.05) is 18.8 Å². The number of rotatable bonds is 4. The number of nitrogens with one attached hydrogen (secondary N) is 1. The monoisotopic (exact) mass is 443 g/mol. The number of carbonyl (C=O) groups excluding carboxylic acids is 1. The zero-order valence-electron chi connectivity index (χ0n) is 15.5. The lowest BCUT2D eigenvalue weighted by molar-refractivity contribution is -0.129. The number of imidazole rings is 1. The smallest absolute Gasteiger partial charge is 0.233 e. The number of hydrogen-bond donors (Lipinski definition) is 1. The van der Waals surface area contributed by atoms with Gasteiger partial charge in [0.15, 0.2) is 10.8 Å². The highest BCUT2D eigenvalue weighted by atomic mass is 35.5. The second kappa shape index (κ2) is 7.93. The molecule has 4 heterocycles. The van der Waals surface area contributed by atoms with Gasteiger partial charge in [-0.25, -0.2) is 15.0 Å². The van der Waals surface area contributed by atoms with Gasteiger partial charge in [-0.1, -0.05) is 35.5 Å². The minimum Gasteiger partial charge on any atom is -0.341 e. The van der Waals surface area contributed by atoms with Gasteiger partial charge in [0.25, 0.3) is 0 Å². The third kappa shape index (κ3) is 3.97. The van der Waals surface area contributed by atoms with Crippen molar-refractivity contribution in [1.82, 2.24) is 24.8 Å². The molecule has 0 bridgehead atoms. The maximum absolute atomic E-state index is 12.8. The molecule has 0 radical (unpaired) electrons. The molecule has 0 saturated carbocycles. The summed E-state index contributed by atoms with van der Waals surface area (Å²) in [5, 5.41) is 2.38. The summed E-state index contributed by atoms with van der Waals surface area (Å²) in [4.78, 5) is 31.3. The molecule has 0 spiro atoms. The highest BCUT2D eigenvalue weighted by Crippen LogP contribution is 2.33. The molecule has 1 N–H and O–H groups in total. The number of benzene rings is 1. The number of carbonyl (C=O) groups is 1. The van der Waals surface area contributed by atoms with Crippen molar-refractivity contribution in [2.45, 2.75) is 23.9 Å². The molecule has 0 aliphatic carbocycles. The van der Waals surface area contributed by atoms with Crippen LogP contribution >= 0.6 is 34.7 Å². The van der Waals surface area contributed by atoms with Gasteiger partial charge >= 0.3 is 0 Å². The summed E-state index contributed by atoms with van der Waals surface area (Å²) in [6.45, 7) is 1.54. The van der Waals surface area contributed by atoms with Gasteiger partial charge in [0.1, 0.15) is 0 Å². The Labute approximate surface area is 180 Å². The topological polar surface area (TPSA) is 74.8 Å². The van der Waals surface area contributed by atoms with Crippen molar-refractivity contribution in [3.05, 3.63) is 46.6 Å². The molecule has 0 unspecified atom stereocenters. The number of aromatic nitrogens is 4. The maximum Gasteiger partial charge on any atom is 0.233 e. The lowest BCUT2D eigenvalue weighted by Crippen LogP contribution is -2.40. The van der Waals surface area contributed by atoms with Crippen LogP contribution in [0.3, 0.4) is 0 Å². The zero-order valence-corrected chi connectivity index (χ0v) is 17.9. The van der Waals surface area contributed by atoms with Gasteiger partial charge in [0.05, 0.1) is 31.5 Å². The van der Waals surface area contributed by atoms with Crippen molar-refractivity contribution in [1.29, 1.82) is 0 Å². The van der Waals surface area contributed by atoms with E-state index in [0.29, 0.717) is 27.5 Å². The summed E-state index contributed by atoms with van der Waals surface area (Å²) in [6, 6.07) is 10.00. The van der Waals surface area contributed by atoms with Crippen LogP contribution in [0.25, 0.3) is 21.4 Å². The van der Waals surface area contributed by atoms with E-state index in [0.717, 1.165) is 42.0 Å². The molecule has 1 saturated heterocycles. The van der Waals surface area contributed by atoms with Crippen LogP contribution in [0.15, 0.2) is 41.7 Å². The van der Waals surface area contributed by atoms with E-state index >= 15 is 0 Å². The molecular formula is C20H18ClN5OS2. The van der Waals surface area contributed by atoms with E-state index in [1.165, 1.54) is 16.5 Å². The van der Waals surface area contributed by atoms with E-state index < -0.39 is 0 Å². The molecule has 1 aliphatic rings. The molecule has 1 aromatic carbocycles. The summed E-state index contributed by atoms with van der Waals surface area (Å²) < 4.78 is 1.21. The quantitative estimate of drug-likeness (QED) is 0.462. The fourth-order valence-corrected chi connectivity index (χ4v) is 5.64. The average Bonchev–Trinajstić information content (AvgIpc) is 3.35. The van der Waals surface area contributed by atoms with Gasteiger partial charge in [-0.3, -0.25) is 4.79 Å². The Morgan fingerprint density at radius 1 is 1.34 bits per heavy atom. The Bertz CT molecular complexity index is 1160. The standard InChI is InChI=1S/C20H18ClN5OS2/c21-13-8-15-18(22-9-13)25-20(24-15)28-11-17(27)26-7-3-4-12(10-26)19-23-14-5-1-2-6-16(14)29-19/h1-2,5-6,8-9,12H,3-4,7,10-11H2,(H,22,24,25)/t12-/m1/s1. The van der Waals surface area contributed by atoms with Crippen molar-refractivity contribution in [3.8, 4) is 0 Å². The van der Waals surface area contributed by atoms with Crippen LogP contribution in [0.1, 0.15) is 23.8 Å². The number of likely N-dealkylation sites (tertiary alicyclic amines) is 1. The fourth-order valence-electron chi connectivity index (χ4n) is 3.61. The Morgan fingerprint density at radius 3 is 3.14 bits per heavy atom. The Hall–Kier alpha value is -2.16.